The number of carbonyl (C=O) groups is 1. The van der Waals surface area contributed by atoms with Gasteiger partial charge in [0, 0.05) is 11.5 Å². The maximum atomic E-state index is 11.5. The number of rotatable bonds is 3. The highest BCUT2D eigenvalue weighted by Crippen LogP contribution is 2.33. The van der Waals surface area contributed by atoms with Gasteiger partial charge in [-0.2, -0.15) is 5.23 Å². The number of carboxylic acids is 1. The zero-order valence-electron chi connectivity index (χ0n) is 11.5. The number of quaternary nitrogens is 1. The largest absolute Gasteiger partial charge is 0.595 e. The van der Waals surface area contributed by atoms with Crippen LogP contribution in [0.1, 0.15) is 10.4 Å². The van der Waals surface area contributed by atoms with Gasteiger partial charge >= 0.3 is 5.97 Å². The molecule has 7 heteroatoms. The summed E-state index contributed by atoms with van der Waals surface area (Å²) in [6.07, 6.45) is 1.49. The Hall–Kier alpha value is -2.74. The first-order valence-electron chi connectivity index (χ1n) is 6.39. The molecule has 1 heterocycles. The molecule has 0 amide bonds. The van der Waals surface area contributed by atoms with E-state index in [0.717, 1.165) is 0 Å². The Kier molecular flexibility index (Phi) is 3.38. The lowest BCUT2D eigenvalue weighted by molar-refractivity contribution is -0.990. The van der Waals surface area contributed by atoms with Gasteiger partial charge in [0.25, 0.3) is 0 Å². The van der Waals surface area contributed by atoms with Gasteiger partial charge in [0.1, 0.15) is 5.75 Å². The number of ether oxygens (including phenoxy) is 1. The SMILES string of the molecule is COc1cnc2cc(C(=O)O)c3c([NH+]([O-])O)cccc3c2c1. The fourth-order valence-corrected chi connectivity index (χ4v) is 2.52. The molecule has 0 aliphatic carbocycles. The van der Waals surface area contributed by atoms with E-state index < -0.39 is 11.2 Å². The molecule has 0 radical (unpaired) electrons. The van der Waals surface area contributed by atoms with E-state index in [0.29, 0.717) is 22.0 Å². The van der Waals surface area contributed by atoms with Crippen LogP contribution >= 0.6 is 0 Å². The van der Waals surface area contributed by atoms with Crippen LogP contribution in [-0.4, -0.2) is 28.4 Å². The minimum atomic E-state index is -1.20. The Bertz CT molecular complexity index is 892. The molecular weight excluding hydrogens is 288 g/mol. The van der Waals surface area contributed by atoms with Crippen LogP contribution in [0.5, 0.6) is 5.75 Å². The Balaban J connectivity index is 2.54. The third-order valence-electron chi connectivity index (χ3n) is 3.49. The van der Waals surface area contributed by atoms with Crippen molar-refractivity contribution in [1.82, 2.24) is 4.98 Å². The lowest BCUT2D eigenvalue weighted by Crippen LogP contribution is -2.99. The molecule has 0 bridgehead atoms. The van der Waals surface area contributed by atoms with Crippen molar-refractivity contribution in [3.8, 4) is 5.75 Å². The summed E-state index contributed by atoms with van der Waals surface area (Å²) in [6.45, 7) is 0. The number of hydrogen-bond acceptors (Lipinski definition) is 5. The summed E-state index contributed by atoms with van der Waals surface area (Å²) in [5, 5.41) is 30.3. The average molecular weight is 300 g/mol. The predicted octanol–water partition coefficient (Wildman–Crippen LogP) is 1.50. The van der Waals surface area contributed by atoms with Crippen LogP contribution in [0, 0.1) is 5.21 Å². The molecule has 3 aromatic rings. The van der Waals surface area contributed by atoms with Gasteiger partial charge in [-0.3, -0.25) is 4.98 Å². The maximum Gasteiger partial charge on any atom is 0.336 e. The highest BCUT2D eigenvalue weighted by molar-refractivity contribution is 6.17. The van der Waals surface area contributed by atoms with E-state index in [9.17, 15) is 20.3 Å². The molecule has 0 saturated heterocycles. The van der Waals surface area contributed by atoms with Gasteiger partial charge in [-0.15, -0.1) is 0 Å². The van der Waals surface area contributed by atoms with E-state index in [1.807, 2.05) is 0 Å². The fourth-order valence-electron chi connectivity index (χ4n) is 2.52. The van der Waals surface area contributed by atoms with E-state index in [1.54, 1.807) is 18.2 Å². The minimum Gasteiger partial charge on any atom is -0.595 e. The summed E-state index contributed by atoms with van der Waals surface area (Å²) in [5.41, 5.74) is 0.325. The Morgan fingerprint density at radius 2 is 2.09 bits per heavy atom. The number of nitrogens with one attached hydrogen (secondary N) is 1. The highest BCUT2D eigenvalue weighted by atomic mass is 16.8. The molecule has 1 unspecified atom stereocenters. The van der Waals surface area contributed by atoms with E-state index in [2.05, 4.69) is 4.98 Å². The van der Waals surface area contributed by atoms with Gasteiger partial charge in [-0.1, -0.05) is 12.1 Å². The molecule has 2 aromatic carbocycles. The number of nitrogens with zero attached hydrogens (tertiary/aromatic N) is 1. The normalized spacial score (nSPS) is 12.5. The molecule has 0 spiro atoms. The zero-order chi connectivity index (χ0) is 15.9. The van der Waals surface area contributed by atoms with Crippen molar-refractivity contribution in [3.63, 3.8) is 0 Å². The van der Waals surface area contributed by atoms with Crippen LogP contribution in [0.25, 0.3) is 21.7 Å². The van der Waals surface area contributed by atoms with Crippen molar-refractivity contribution < 1.29 is 25.1 Å². The average Bonchev–Trinajstić information content (AvgIpc) is 2.52. The number of pyridine rings is 1. The van der Waals surface area contributed by atoms with Crippen LogP contribution < -0.4 is 9.96 Å². The standard InChI is InChI=1S/C15H12N2O5/c1-22-8-5-10-9-3-2-4-13(17(20)21)14(9)11(15(18)19)6-12(10)16-7-8/h2-7,17,20H,1H3,(H,18,19). The molecule has 1 aromatic heterocycles. The molecule has 1 atom stereocenters. The van der Waals surface area contributed by atoms with Gasteiger partial charge in [0.05, 0.1) is 29.8 Å². The monoisotopic (exact) mass is 300 g/mol. The number of aromatic carboxylic acids is 1. The van der Waals surface area contributed by atoms with Gasteiger partial charge in [-0.25, -0.2) is 10.0 Å². The van der Waals surface area contributed by atoms with Gasteiger partial charge < -0.3 is 15.1 Å². The number of benzene rings is 2. The molecule has 0 saturated carbocycles. The summed E-state index contributed by atoms with van der Waals surface area (Å²) in [7, 11) is 1.50. The maximum absolute atomic E-state index is 11.5. The number of hydrogen-bond donors (Lipinski definition) is 3. The second-order valence-corrected chi connectivity index (χ2v) is 4.70. The quantitative estimate of drug-likeness (QED) is 0.500. The minimum absolute atomic E-state index is 0.0559. The second kappa shape index (κ2) is 5.23. The lowest BCUT2D eigenvalue weighted by atomic mass is 9.98. The summed E-state index contributed by atoms with van der Waals surface area (Å²) in [6, 6.07) is 7.73. The Labute approximate surface area is 124 Å². The van der Waals surface area contributed by atoms with E-state index in [1.165, 1.54) is 25.4 Å². The lowest BCUT2D eigenvalue weighted by Gasteiger charge is -2.16. The number of fused-ring (bicyclic) bond motifs is 3. The van der Waals surface area contributed by atoms with E-state index in [4.69, 9.17) is 4.74 Å². The van der Waals surface area contributed by atoms with Crippen LogP contribution in [0.3, 0.4) is 0 Å². The van der Waals surface area contributed by atoms with Crippen molar-refractivity contribution in [3.05, 3.63) is 47.3 Å². The molecule has 0 aliphatic rings. The topological polar surface area (TPSA) is 107 Å². The predicted molar refractivity (Wildman–Crippen MR) is 78.5 cm³/mol. The Morgan fingerprint density at radius 1 is 1.32 bits per heavy atom. The summed E-state index contributed by atoms with van der Waals surface area (Å²) < 4.78 is 5.13. The van der Waals surface area contributed by atoms with Gasteiger partial charge in [0.2, 0.25) is 0 Å². The molecule has 0 aliphatic heterocycles. The van der Waals surface area contributed by atoms with Crippen molar-refractivity contribution in [1.29, 1.82) is 0 Å². The smallest absolute Gasteiger partial charge is 0.336 e. The third-order valence-corrected chi connectivity index (χ3v) is 3.49. The molecule has 22 heavy (non-hydrogen) atoms. The van der Waals surface area contributed by atoms with Crippen molar-refractivity contribution >= 4 is 33.3 Å². The van der Waals surface area contributed by atoms with Crippen LogP contribution in [0.4, 0.5) is 5.69 Å². The first-order chi connectivity index (χ1) is 10.5. The second-order valence-electron chi connectivity index (χ2n) is 4.70. The van der Waals surface area contributed by atoms with Gasteiger partial charge in [-0.05, 0) is 17.5 Å². The number of methoxy groups -OCH3 is 1. The number of carboxylic acid groups (broad SMARTS) is 1. The molecule has 0 fully saturated rings. The summed E-state index contributed by atoms with van der Waals surface area (Å²) in [5.74, 6) is -0.684. The van der Waals surface area contributed by atoms with E-state index in [-0.39, 0.29) is 16.6 Å². The first kappa shape index (κ1) is 14.2. The summed E-state index contributed by atoms with van der Waals surface area (Å²) >= 11 is 0. The zero-order valence-corrected chi connectivity index (χ0v) is 11.5. The molecule has 7 nitrogen and oxygen atoms in total. The fraction of sp³-hybridized carbons (Fsp3) is 0.0667. The van der Waals surface area contributed by atoms with E-state index >= 15 is 0 Å². The molecule has 112 valence electrons. The van der Waals surface area contributed by atoms with Crippen molar-refractivity contribution in [2.24, 2.45) is 0 Å². The summed E-state index contributed by atoms with van der Waals surface area (Å²) in [4.78, 5) is 15.7. The highest BCUT2D eigenvalue weighted by Gasteiger charge is 2.19. The van der Waals surface area contributed by atoms with Crippen molar-refractivity contribution in [2.45, 2.75) is 0 Å². The molecule has 3 N–H and O–H groups in total. The molecule has 3 rings (SSSR count). The van der Waals surface area contributed by atoms with Crippen LogP contribution in [0.15, 0.2) is 36.5 Å². The Morgan fingerprint density at radius 3 is 2.73 bits per heavy atom. The first-order valence-corrected chi connectivity index (χ1v) is 6.39. The van der Waals surface area contributed by atoms with Crippen LogP contribution in [-0.2, 0) is 0 Å². The third kappa shape index (κ3) is 2.13. The van der Waals surface area contributed by atoms with Crippen molar-refractivity contribution in [2.75, 3.05) is 7.11 Å². The molecular formula is C15H12N2O5. The van der Waals surface area contributed by atoms with Crippen LogP contribution in [0.2, 0.25) is 0 Å². The van der Waals surface area contributed by atoms with Gasteiger partial charge in [0.15, 0.2) is 5.69 Å². The number of aromatic nitrogens is 1.